The molecule has 0 spiro atoms. The first-order chi connectivity index (χ1) is 9.08. The third-order valence-corrected chi connectivity index (χ3v) is 4.56. The Bertz CT molecular complexity index is 382. The Morgan fingerprint density at radius 3 is 2.53 bits per heavy atom. The molecule has 19 heavy (non-hydrogen) atoms. The second-order valence-electron chi connectivity index (χ2n) is 4.86. The summed E-state index contributed by atoms with van der Waals surface area (Å²) in [4.78, 5) is 7.98. The molecule has 0 aliphatic carbocycles. The van der Waals surface area contributed by atoms with Crippen LogP contribution in [-0.2, 0) is 11.3 Å². The number of methoxy groups -OCH3 is 1. The molecule has 4 nitrogen and oxygen atoms in total. The van der Waals surface area contributed by atoms with Crippen molar-refractivity contribution >= 4 is 16.5 Å². The molecule has 0 fully saturated rings. The highest BCUT2D eigenvalue weighted by Crippen LogP contribution is 2.32. The van der Waals surface area contributed by atoms with Crippen molar-refractivity contribution in [3.05, 3.63) is 10.6 Å². The second-order valence-corrected chi connectivity index (χ2v) is 5.92. The monoisotopic (exact) mass is 286 g/mol. The number of aliphatic hydroxyl groups excluding tert-OH is 1. The fourth-order valence-electron chi connectivity index (χ4n) is 2.13. The van der Waals surface area contributed by atoms with Crippen LogP contribution in [0.4, 0.5) is 5.13 Å². The molecule has 0 radical (unpaired) electrons. The van der Waals surface area contributed by atoms with Crippen molar-refractivity contribution in [2.45, 2.75) is 52.7 Å². The highest BCUT2D eigenvalue weighted by Gasteiger charge is 2.21. The number of rotatable bonds is 8. The summed E-state index contributed by atoms with van der Waals surface area (Å²) in [5.41, 5.74) is 1.05. The van der Waals surface area contributed by atoms with Crippen LogP contribution in [0.5, 0.6) is 0 Å². The van der Waals surface area contributed by atoms with Crippen molar-refractivity contribution < 1.29 is 9.84 Å². The summed E-state index contributed by atoms with van der Waals surface area (Å²) in [7, 11) is 1.72. The van der Waals surface area contributed by atoms with Gasteiger partial charge in [0.15, 0.2) is 5.13 Å². The lowest BCUT2D eigenvalue weighted by atomic mass is 10.0. The molecule has 1 aromatic heterocycles. The first-order valence-corrected chi connectivity index (χ1v) is 7.76. The standard InChI is InChI=1S/C14H26N2O2S/c1-6-10(3)13-12(8-17)19-14(15-13)16(7-2)11(4)9-18-5/h10-11,17H,6-9H2,1-5H3. The Hall–Kier alpha value is -0.650. The molecular weight excluding hydrogens is 260 g/mol. The zero-order valence-electron chi connectivity index (χ0n) is 12.6. The van der Waals surface area contributed by atoms with Crippen LogP contribution in [0.2, 0.25) is 0 Å². The van der Waals surface area contributed by atoms with E-state index >= 15 is 0 Å². The molecule has 1 N–H and O–H groups in total. The summed E-state index contributed by atoms with van der Waals surface area (Å²) >= 11 is 1.60. The topological polar surface area (TPSA) is 45.6 Å². The number of nitrogens with zero attached hydrogens (tertiary/aromatic N) is 2. The molecule has 0 bridgehead atoms. The quantitative estimate of drug-likeness (QED) is 0.798. The second kappa shape index (κ2) is 7.82. The van der Waals surface area contributed by atoms with E-state index in [1.54, 1.807) is 18.4 Å². The van der Waals surface area contributed by atoms with E-state index in [4.69, 9.17) is 9.72 Å². The number of thiazole rings is 1. The van der Waals surface area contributed by atoms with Crippen LogP contribution < -0.4 is 4.90 Å². The predicted octanol–water partition coefficient (Wildman–Crippen LogP) is 3.01. The average Bonchev–Trinajstić information content (AvgIpc) is 2.83. The van der Waals surface area contributed by atoms with E-state index in [9.17, 15) is 5.11 Å². The lowest BCUT2D eigenvalue weighted by Gasteiger charge is -2.26. The first-order valence-electron chi connectivity index (χ1n) is 6.94. The molecule has 2 atom stereocenters. The fourth-order valence-corrected chi connectivity index (χ4v) is 3.34. The SMILES string of the molecule is CCC(C)c1nc(N(CC)C(C)COC)sc1CO. The van der Waals surface area contributed by atoms with E-state index in [1.807, 2.05) is 0 Å². The molecule has 0 aliphatic rings. The molecular formula is C14H26N2O2S. The Kier molecular flexibility index (Phi) is 6.75. The van der Waals surface area contributed by atoms with Gasteiger partial charge in [-0.1, -0.05) is 25.2 Å². The van der Waals surface area contributed by atoms with Crippen molar-refractivity contribution in [2.24, 2.45) is 0 Å². The zero-order valence-corrected chi connectivity index (χ0v) is 13.5. The lowest BCUT2D eigenvalue weighted by molar-refractivity contribution is 0.182. The maximum absolute atomic E-state index is 9.50. The zero-order chi connectivity index (χ0) is 14.4. The lowest BCUT2D eigenvalue weighted by Crippen LogP contribution is -2.36. The van der Waals surface area contributed by atoms with Gasteiger partial charge in [-0.25, -0.2) is 4.98 Å². The van der Waals surface area contributed by atoms with Crippen LogP contribution in [0.25, 0.3) is 0 Å². The van der Waals surface area contributed by atoms with Crippen molar-refractivity contribution in [1.29, 1.82) is 0 Å². The minimum atomic E-state index is 0.0769. The Labute approximate surface area is 120 Å². The Balaban J connectivity index is 3.01. The molecule has 1 heterocycles. The van der Waals surface area contributed by atoms with Gasteiger partial charge in [0.05, 0.1) is 29.8 Å². The highest BCUT2D eigenvalue weighted by atomic mass is 32.1. The maximum Gasteiger partial charge on any atom is 0.186 e. The third kappa shape index (κ3) is 3.91. The van der Waals surface area contributed by atoms with Gasteiger partial charge in [-0.3, -0.25) is 0 Å². The number of ether oxygens (including phenoxy) is 1. The molecule has 0 aromatic carbocycles. The highest BCUT2D eigenvalue weighted by molar-refractivity contribution is 7.15. The maximum atomic E-state index is 9.50. The van der Waals surface area contributed by atoms with E-state index in [1.165, 1.54) is 0 Å². The summed E-state index contributed by atoms with van der Waals surface area (Å²) in [6.07, 6.45) is 1.04. The number of aromatic nitrogens is 1. The number of likely N-dealkylation sites (N-methyl/N-ethyl adjacent to an activating group) is 1. The van der Waals surface area contributed by atoms with Crippen LogP contribution >= 0.6 is 11.3 Å². The van der Waals surface area contributed by atoms with E-state index in [0.29, 0.717) is 12.5 Å². The minimum absolute atomic E-state index is 0.0769. The fraction of sp³-hybridized carbons (Fsp3) is 0.786. The van der Waals surface area contributed by atoms with Gasteiger partial charge in [0.1, 0.15) is 0 Å². The van der Waals surface area contributed by atoms with Gasteiger partial charge in [-0.2, -0.15) is 0 Å². The third-order valence-electron chi connectivity index (χ3n) is 3.47. The molecule has 2 unspecified atom stereocenters. The van der Waals surface area contributed by atoms with Gasteiger partial charge < -0.3 is 14.7 Å². The molecule has 0 amide bonds. The Morgan fingerprint density at radius 2 is 2.05 bits per heavy atom. The van der Waals surface area contributed by atoms with E-state index in [0.717, 1.165) is 28.7 Å². The van der Waals surface area contributed by atoms with Crippen molar-refractivity contribution in [3.63, 3.8) is 0 Å². The van der Waals surface area contributed by atoms with Gasteiger partial charge in [0.2, 0.25) is 0 Å². The number of anilines is 1. The normalized spacial score (nSPS) is 14.4. The smallest absolute Gasteiger partial charge is 0.186 e. The minimum Gasteiger partial charge on any atom is -0.391 e. The summed E-state index contributed by atoms with van der Waals surface area (Å²) in [6, 6.07) is 0.289. The van der Waals surface area contributed by atoms with E-state index < -0.39 is 0 Å². The van der Waals surface area contributed by atoms with Crippen molar-refractivity contribution in [2.75, 3.05) is 25.2 Å². The van der Waals surface area contributed by atoms with Gasteiger partial charge in [-0.15, -0.1) is 0 Å². The van der Waals surface area contributed by atoms with Crippen LogP contribution in [0.1, 0.15) is 50.6 Å². The molecule has 1 rings (SSSR count). The number of hydrogen-bond donors (Lipinski definition) is 1. The molecule has 0 saturated carbocycles. The molecule has 0 saturated heterocycles. The molecule has 0 aliphatic heterocycles. The average molecular weight is 286 g/mol. The van der Waals surface area contributed by atoms with Gasteiger partial charge in [0, 0.05) is 13.7 Å². The summed E-state index contributed by atoms with van der Waals surface area (Å²) in [5, 5.41) is 10.5. The molecule has 110 valence electrons. The summed E-state index contributed by atoms with van der Waals surface area (Å²) < 4.78 is 5.23. The molecule has 5 heteroatoms. The van der Waals surface area contributed by atoms with Gasteiger partial charge >= 0.3 is 0 Å². The van der Waals surface area contributed by atoms with E-state index in [-0.39, 0.29) is 12.6 Å². The molecule has 1 aromatic rings. The van der Waals surface area contributed by atoms with Crippen LogP contribution in [0, 0.1) is 0 Å². The number of hydrogen-bond acceptors (Lipinski definition) is 5. The summed E-state index contributed by atoms with van der Waals surface area (Å²) in [6.45, 7) is 10.2. The largest absolute Gasteiger partial charge is 0.391 e. The Morgan fingerprint density at radius 1 is 1.37 bits per heavy atom. The predicted molar refractivity (Wildman–Crippen MR) is 81.1 cm³/mol. The summed E-state index contributed by atoms with van der Waals surface area (Å²) in [5.74, 6) is 0.392. The number of aliphatic hydroxyl groups is 1. The van der Waals surface area contributed by atoms with Crippen molar-refractivity contribution in [1.82, 2.24) is 4.98 Å². The van der Waals surface area contributed by atoms with Crippen LogP contribution in [0.15, 0.2) is 0 Å². The van der Waals surface area contributed by atoms with E-state index in [2.05, 4.69) is 32.6 Å². The van der Waals surface area contributed by atoms with Crippen LogP contribution in [-0.4, -0.2) is 36.4 Å². The first kappa shape index (κ1) is 16.4. The van der Waals surface area contributed by atoms with Gasteiger partial charge in [-0.05, 0) is 26.2 Å². The van der Waals surface area contributed by atoms with Crippen LogP contribution in [0.3, 0.4) is 0 Å². The van der Waals surface area contributed by atoms with Gasteiger partial charge in [0.25, 0.3) is 0 Å². The van der Waals surface area contributed by atoms with Crippen molar-refractivity contribution in [3.8, 4) is 0 Å².